The van der Waals surface area contributed by atoms with Crippen molar-refractivity contribution in [1.82, 2.24) is 10.6 Å². The molecule has 1 heterocycles. The zero-order chi connectivity index (χ0) is 11.6. The predicted octanol–water partition coefficient (Wildman–Crippen LogP) is 1.36. The van der Waals surface area contributed by atoms with Crippen molar-refractivity contribution in [3.8, 4) is 0 Å². The fourth-order valence-electron chi connectivity index (χ4n) is 1.94. The Balaban J connectivity index is 2.13. The molecular formula is C12H15ClN2O. The molecule has 0 aliphatic carbocycles. The van der Waals surface area contributed by atoms with E-state index in [0.717, 1.165) is 17.1 Å². The molecule has 86 valence electrons. The van der Waals surface area contributed by atoms with Crippen LogP contribution < -0.4 is 10.6 Å². The van der Waals surface area contributed by atoms with Gasteiger partial charge in [-0.05, 0) is 31.0 Å². The maximum atomic E-state index is 11.8. The molecule has 1 aromatic carbocycles. The molecule has 1 unspecified atom stereocenters. The molecule has 2 rings (SSSR count). The summed E-state index contributed by atoms with van der Waals surface area (Å²) in [4.78, 5) is 11.8. The number of nitrogens with one attached hydrogen (secondary N) is 2. The van der Waals surface area contributed by atoms with Crippen molar-refractivity contribution in [1.29, 1.82) is 0 Å². The van der Waals surface area contributed by atoms with Crippen molar-refractivity contribution in [3.05, 3.63) is 34.9 Å². The van der Waals surface area contributed by atoms with Gasteiger partial charge in [0, 0.05) is 18.1 Å². The predicted molar refractivity (Wildman–Crippen MR) is 64.6 cm³/mol. The summed E-state index contributed by atoms with van der Waals surface area (Å²) in [5.41, 5.74) is 0.600. The van der Waals surface area contributed by atoms with Crippen molar-refractivity contribution in [2.75, 3.05) is 13.1 Å². The summed E-state index contributed by atoms with van der Waals surface area (Å²) in [6.45, 7) is 3.45. The zero-order valence-electron chi connectivity index (χ0n) is 9.22. The lowest BCUT2D eigenvalue weighted by molar-refractivity contribution is -0.128. The molecule has 0 radical (unpaired) electrons. The minimum Gasteiger partial charge on any atom is -0.353 e. The van der Waals surface area contributed by atoms with E-state index in [0.29, 0.717) is 13.0 Å². The van der Waals surface area contributed by atoms with Crippen molar-refractivity contribution in [3.63, 3.8) is 0 Å². The minimum absolute atomic E-state index is 0.0636. The van der Waals surface area contributed by atoms with Gasteiger partial charge in [-0.25, -0.2) is 0 Å². The van der Waals surface area contributed by atoms with Crippen LogP contribution in [-0.4, -0.2) is 24.5 Å². The number of piperazine rings is 1. The first-order valence-corrected chi connectivity index (χ1v) is 5.76. The summed E-state index contributed by atoms with van der Waals surface area (Å²) in [5.74, 6) is 0.0636. The topological polar surface area (TPSA) is 41.1 Å². The van der Waals surface area contributed by atoms with Crippen LogP contribution in [0.4, 0.5) is 0 Å². The van der Waals surface area contributed by atoms with Gasteiger partial charge in [0.2, 0.25) is 5.91 Å². The first-order valence-electron chi connectivity index (χ1n) is 5.38. The van der Waals surface area contributed by atoms with Gasteiger partial charge in [0.05, 0.1) is 5.54 Å². The number of benzene rings is 1. The van der Waals surface area contributed by atoms with Gasteiger partial charge in [-0.15, -0.1) is 0 Å². The zero-order valence-corrected chi connectivity index (χ0v) is 9.97. The Morgan fingerprint density at radius 3 is 2.62 bits per heavy atom. The average Bonchev–Trinajstić information content (AvgIpc) is 2.26. The van der Waals surface area contributed by atoms with Gasteiger partial charge in [-0.3, -0.25) is 4.79 Å². The van der Waals surface area contributed by atoms with Crippen LogP contribution in [0.2, 0.25) is 5.02 Å². The van der Waals surface area contributed by atoms with Gasteiger partial charge >= 0.3 is 0 Å². The Kier molecular flexibility index (Phi) is 3.17. The number of hydrogen-bond donors (Lipinski definition) is 2. The normalized spacial score (nSPS) is 25.2. The van der Waals surface area contributed by atoms with Crippen LogP contribution in [0.5, 0.6) is 0 Å². The quantitative estimate of drug-likeness (QED) is 0.817. The molecule has 0 aromatic heterocycles. The molecule has 0 spiro atoms. The second kappa shape index (κ2) is 4.44. The molecule has 1 saturated heterocycles. The summed E-state index contributed by atoms with van der Waals surface area (Å²) in [7, 11) is 0. The molecule has 1 aromatic rings. The third-order valence-corrected chi connectivity index (χ3v) is 3.15. The second-order valence-electron chi connectivity index (χ2n) is 4.32. The first kappa shape index (κ1) is 11.4. The summed E-state index contributed by atoms with van der Waals surface area (Å²) in [6, 6.07) is 7.61. The van der Waals surface area contributed by atoms with Crippen LogP contribution in [0, 0.1) is 0 Å². The van der Waals surface area contributed by atoms with E-state index in [1.54, 1.807) is 0 Å². The second-order valence-corrected chi connectivity index (χ2v) is 4.75. The Morgan fingerprint density at radius 2 is 2.00 bits per heavy atom. The van der Waals surface area contributed by atoms with Gasteiger partial charge in [-0.1, -0.05) is 23.7 Å². The molecule has 1 fully saturated rings. The number of halogens is 1. The average molecular weight is 239 g/mol. The molecule has 2 N–H and O–H groups in total. The number of rotatable bonds is 2. The van der Waals surface area contributed by atoms with Crippen LogP contribution in [0.25, 0.3) is 0 Å². The fraction of sp³-hybridized carbons (Fsp3) is 0.417. The van der Waals surface area contributed by atoms with Crippen LogP contribution in [0.1, 0.15) is 12.5 Å². The lowest BCUT2D eigenvalue weighted by atomic mass is 9.90. The number of carbonyl (C=O) groups excluding carboxylic acids is 1. The largest absolute Gasteiger partial charge is 0.353 e. The number of amides is 1. The Bertz CT molecular complexity index is 391. The van der Waals surface area contributed by atoms with Gasteiger partial charge < -0.3 is 10.6 Å². The maximum Gasteiger partial charge on any atom is 0.240 e. The summed E-state index contributed by atoms with van der Waals surface area (Å²) in [6.07, 6.45) is 0.677. The summed E-state index contributed by atoms with van der Waals surface area (Å²) < 4.78 is 0. The van der Waals surface area contributed by atoms with Crippen molar-refractivity contribution in [2.45, 2.75) is 18.9 Å². The van der Waals surface area contributed by atoms with E-state index < -0.39 is 5.54 Å². The van der Waals surface area contributed by atoms with Gasteiger partial charge in [-0.2, -0.15) is 0 Å². The van der Waals surface area contributed by atoms with Crippen molar-refractivity contribution in [2.24, 2.45) is 0 Å². The summed E-state index contributed by atoms with van der Waals surface area (Å²) >= 11 is 5.82. The lowest BCUT2D eigenvalue weighted by Gasteiger charge is -2.34. The smallest absolute Gasteiger partial charge is 0.240 e. The van der Waals surface area contributed by atoms with E-state index in [1.807, 2.05) is 31.2 Å². The Hall–Kier alpha value is -1.06. The highest BCUT2D eigenvalue weighted by atomic mass is 35.5. The number of hydrogen-bond acceptors (Lipinski definition) is 2. The monoisotopic (exact) mass is 238 g/mol. The van der Waals surface area contributed by atoms with Gasteiger partial charge in [0.1, 0.15) is 0 Å². The van der Waals surface area contributed by atoms with Crippen LogP contribution in [-0.2, 0) is 11.2 Å². The molecule has 16 heavy (non-hydrogen) atoms. The van der Waals surface area contributed by atoms with E-state index in [2.05, 4.69) is 10.6 Å². The van der Waals surface area contributed by atoms with Crippen molar-refractivity contribution >= 4 is 17.5 Å². The van der Waals surface area contributed by atoms with E-state index in [4.69, 9.17) is 11.6 Å². The molecule has 1 aliphatic rings. The third kappa shape index (κ3) is 2.36. The van der Waals surface area contributed by atoms with Crippen LogP contribution in [0.3, 0.4) is 0 Å². The molecule has 1 atom stereocenters. The summed E-state index contributed by atoms with van der Waals surface area (Å²) in [5, 5.41) is 6.86. The molecule has 4 heteroatoms. The highest BCUT2D eigenvalue weighted by molar-refractivity contribution is 6.30. The van der Waals surface area contributed by atoms with Gasteiger partial charge in [0.15, 0.2) is 0 Å². The Labute approximate surface area is 100 Å². The molecule has 0 saturated carbocycles. The van der Waals surface area contributed by atoms with Crippen molar-refractivity contribution < 1.29 is 4.79 Å². The number of carbonyl (C=O) groups is 1. The molecule has 1 aliphatic heterocycles. The highest BCUT2D eigenvalue weighted by Crippen LogP contribution is 2.17. The highest BCUT2D eigenvalue weighted by Gasteiger charge is 2.34. The Morgan fingerprint density at radius 1 is 1.31 bits per heavy atom. The van der Waals surface area contributed by atoms with E-state index >= 15 is 0 Å². The van der Waals surface area contributed by atoms with Crippen LogP contribution >= 0.6 is 11.6 Å². The van der Waals surface area contributed by atoms with Crippen LogP contribution in [0.15, 0.2) is 24.3 Å². The molecule has 1 amide bonds. The third-order valence-electron chi connectivity index (χ3n) is 2.90. The molecule has 3 nitrogen and oxygen atoms in total. The van der Waals surface area contributed by atoms with E-state index in [9.17, 15) is 4.79 Å². The minimum atomic E-state index is -0.508. The molecular weight excluding hydrogens is 224 g/mol. The SMILES string of the molecule is CC1(Cc2ccc(Cl)cc2)NCCNC1=O. The standard InChI is InChI=1S/C12H15ClN2O/c1-12(11(16)14-6-7-15-12)8-9-2-4-10(13)5-3-9/h2-5,15H,6-8H2,1H3,(H,14,16). The fourth-order valence-corrected chi connectivity index (χ4v) is 2.07. The first-order chi connectivity index (χ1) is 7.60. The van der Waals surface area contributed by atoms with E-state index in [1.165, 1.54) is 0 Å². The van der Waals surface area contributed by atoms with E-state index in [-0.39, 0.29) is 5.91 Å². The molecule has 0 bridgehead atoms. The lowest BCUT2D eigenvalue weighted by Crippen LogP contribution is -2.62. The van der Waals surface area contributed by atoms with Gasteiger partial charge in [0.25, 0.3) is 0 Å². The maximum absolute atomic E-state index is 11.8.